The number of carbonyl (C=O) groups is 2. The van der Waals surface area contributed by atoms with Crippen LogP contribution >= 0.6 is 0 Å². The number of aromatic nitrogens is 1. The minimum Gasteiger partial charge on any atom is -0.490 e. The Labute approximate surface area is 187 Å². The van der Waals surface area contributed by atoms with E-state index >= 15 is 0 Å². The fourth-order valence-electron chi connectivity index (χ4n) is 4.62. The summed E-state index contributed by atoms with van der Waals surface area (Å²) in [6.45, 7) is 1.74. The molecule has 4 rings (SSSR count). The SMILES string of the molecule is Cc1noc(-c2ccc(O[C@H]3CCC[C@H](C(=O)O)C3)cc2)c1OC(=O)N(C)C1CCCC1. The van der Waals surface area contributed by atoms with E-state index < -0.39 is 12.1 Å². The summed E-state index contributed by atoms with van der Waals surface area (Å²) in [6, 6.07) is 7.49. The number of ether oxygens (including phenoxy) is 2. The van der Waals surface area contributed by atoms with Crippen molar-refractivity contribution in [3.63, 3.8) is 0 Å². The van der Waals surface area contributed by atoms with Crippen molar-refractivity contribution >= 4 is 12.1 Å². The molecular formula is C24H30N2O6. The molecule has 2 fully saturated rings. The Kier molecular flexibility index (Phi) is 6.67. The minimum absolute atomic E-state index is 0.106. The summed E-state index contributed by atoms with van der Waals surface area (Å²) >= 11 is 0. The van der Waals surface area contributed by atoms with Gasteiger partial charge in [0, 0.05) is 18.7 Å². The van der Waals surface area contributed by atoms with E-state index in [2.05, 4.69) is 5.16 Å². The molecule has 2 aliphatic rings. The maximum absolute atomic E-state index is 12.7. The first-order chi connectivity index (χ1) is 15.4. The standard InChI is InChI=1S/C24H30N2O6/c1-15-21(31-24(29)26(2)18-7-3-4-8-18)22(32-25-15)16-10-12-19(13-11-16)30-20-9-5-6-17(14-20)23(27)28/h10-13,17-18,20H,3-9,14H2,1-2H3,(H,27,28)/t17-,20-/m0/s1. The third-order valence-electron chi connectivity index (χ3n) is 6.55. The van der Waals surface area contributed by atoms with Gasteiger partial charge in [-0.1, -0.05) is 18.0 Å². The lowest BCUT2D eigenvalue weighted by atomic mass is 9.87. The number of nitrogens with zero attached hydrogens (tertiary/aromatic N) is 2. The largest absolute Gasteiger partial charge is 0.490 e. The molecule has 1 aromatic heterocycles. The topological polar surface area (TPSA) is 102 Å². The van der Waals surface area contributed by atoms with E-state index in [0.29, 0.717) is 35.8 Å². The van der Waals surface area contributed by atoms with Gasteiger partial charge in [0.2, 0.25) is 11.5 Å². The van der Waals surface area contributed by atoms with Gasteiger partial charge >= 0.3 is 12.1 Å². The zero-order chi connectivity index (χ0) is 22.7. The van der Waals surface area contributed by atoms with Gasteiger partial charge in [-0.3, -0.25) is 4.79 Å². The van der Waals surface area contributed by atoms with Crippen LogP contribution in [0.5, 0.6) is 11.5 Å². The van der Waals surface area contributed by atoms with Crippen LogP contribution in [0.2, 0.25) is 0 Å². The second-order valence-electron chi connectivity index (χ2n) is 8.81. The maximum Gasteiger partial charge on any atom is 0.415 e. The molecule has 8 heteroatoms. The summed E-state index contributed by atoms with van der Waals surface area (Å²) in [5.41, 5.74) is 1.23. The molecule has 8 nitrogen and oxygen atoms in total. The molecule has 2 aliphatic carbocycles. The number of carboxylic acids is 1. The zero-order valence-electron chi connectivity index (χ0n) is 18.6. The molecule has 0 saturated heterocycles. The highest BCUT2D eigenvalue weighted by molar-refractivity contribution is 5.75. The number of hydrogen-bond acceptors (Lipinski definition) is 6. The van der Waals surface area contributed by atoms with Gasteiger partial charge in [-0.2, -0.15) is 0 Å². The molecule has 0 radical (unpaired) electrons. The van der Waals surface area contributed by atoms with Crippen LogP contribution in [-0.2, 0) is 4.79 Å². The molecule has 1 amide bonds. The van der Waals surface area contributed by atoms with Crippen molar-refractivity contribution in [1.29, 1.82) is 0 Å². The summed E-state index contributed by atoms with van der Waals surface area (Å²) in [7, 11) is 1.77. The van der Waals surface area contributed by atoms with Crippen LogP contribution in [0.3, 0.4) is 0 Å². The number of amides is 1. The summed E-state index contributed by atoms with van der Waals surface area (Å²) in [4.78, 5) is 25.6. The third kappa shape index (κ3) is 4.89. The van der Waals surface area contributed by atoms with Gasteiger partial charge in [0.25, 0.3) is 0 Å². The Morgan fingerprint density at radius 1 is 1.09 bits per heavy atom. The van der Waals surface area contributed by atoms with Crippen LogP contribution in [0.1, 0.15) is 57.1 Å². The first-order valence-electron chi connectivity index (χ1n) is 11.3. The van der Waals surface area contributed by atoms with Crippen molar-refractivity contribution in [2.75, 3.05) is 7.05 Å². The zero-order valence-corrected chi connectivity index (χ0v) is 18.6. The molecular weight excluding hydrogens is 412 g/mol. The first-order valence-corrected chi connectivity index (χ1v) is 11.3. The summed E-state index contributed by atoms with van der Waals surface area (Å²) in [5, 5.41) is 13.2. The molecule has 0 unspecified atom stereocenters. The molecule has 2 atom stereocenters. The van der Waals surface area contributed by atoms with Crippen molar-refractivity contribution in [2.45, 2.75) is 70.4 Å². The van der Waals surface area contributed by atoms with Crippen LogP contribution in [0.4, 0.5) is 4.79 Å². The van der Waals surface area contributed by atoms with E-state index in [-0.39, 0.29) is 18.1 Å². The number of carboxylic acid groups (broad SMARTS) is 1. The van der Waals surface area contributed by atoms with Crippen molar-refractivity contribution in [3.8, 4) is 22.8 Å². The first kappa shape index (κ1) is 22.2. The lowest BCUT2D eigenvalue weighted by Crippen LogP contribution is -2.37. The fraction of sp³-hybridized carbons (Fsp3) is 0.542. The van der Waals surface area contributed by atoms with Crippen molar-refractivity contribution in [3.05, 3.63) is 30.0 Å². The molecule has 0 spiro atoms. The predicted molar refractivity (Wildman–Crippen MR) is 117 cm³/mol. The number of carbonyl (C=O) groups excluding carboxylic acids is 1. The normalized spacial score (nSPS) is 21.3. The Morgan fingerprint density at radius 3 is 2.50 bits per heavy atom. The van der Waals surface area contributed by atoms with Crippen LogP contribution < -0.4 is 9.47 Å². The van der Waals surface area contributed by atoms with E-state index in [1.165, 1.54) is 0 Å². The van der Waals surface area contributed by atoms with Crippen molar-refractivity contribution in [1.82, 2.24) is 10.1 Å². The van der Waals surface area contributed by atoms with Crippen LogP contribution in [0.15, 0.2) is 28.8 Å². The molecule has 1 heterocycles. The van der Waals surface area contributed by atoms with Gasteiger partial charge in [-0.15, -0.1) is 0 Å². The van der Waals surface area contributed by atoms with Gasteiger partial charge in [-0.05, 0) is 69.7 Å². The Bertz CT molecular complexity index is 948. The lowest BCUT2D eigenvalue weighted by molar-refractivity contribution is -0.143. The van der Waals surface area contributed by atoms with Gasteiger partial charge in [-0.25, -0.2) is 4.79 Å². The van der Waals surface area contributed by atoms with E-state index in [9.17, 15) is 14.7 Å². The fourth-order valence-corrected chi connectivity index (χ4v) is 4.62. The van der Waals surface area contributed by atoms with E-state index in [4.69, 9.17) is 14.0 Å². The monoisotopic (exact) mass is 442 g/mol. The molecule has 32 heavy (non-hydrogen) atoms. The molecule has 1 N–H and O–H groups in total. The van der Waals surface area contributed by atoms with Crippen molar-refractivity contribution in [2.24, 2.45) is 5.92 Å². The molecule has 0 bridgehead atoms. The Hall–Kier alpha value is -3.03. The number of aliphatic carboxylic acids is 1. The second-order valence-corrected chi connectivity index (χ2v) is 8.81. The molecule has 2 aromatic rings. The van der Waals surface area contributed by atoms with E-state index in [1.54, 1.807) is 18.9 Å². The van der Waals surface area contributed by atoms with Crippen LogP contribution in [0.25, 0.3) is 11.3 Å². The Morgan fingerprint density at radius 2 is 1.81 bits per heavy atom. The number of hydrogen-bond donors (Lipinski definition) is 1. The Balaban J connectivity index is 1.43. The molecule has 1 aromatic carbocycles. The maximum atomic E-state index is 12.7. The third-order valence-corrected chi connectivity index (χ3v) is 6.55. The number of benzene rings is 1. The minimum atomic E-state index is -0.755. The number of rotatable bonds is 6. The van der Waals surface area contributed by atoms with Crippen molar-refractivity contribution < 1.29 is 28.7 Å². The highest BCUT2D eigenvalue weighted by Crippen LogP contribution is 2.35. The smallest absolute Gasteiger partial charge is 0.415 e. The average Bonchev–Trinajstić information content (AvgIpc) is 3.45. The lowest BCUT2D eigenvalue weighted by Gasteiger charge is -2.27. The summed E-state index contributed by atoms with van der Waals surface area (Å²) in [5.74, 6) is 0.288. The van der Waals surface area contributed by atoms with Crippen LogP contribution in [0, 0.1) is 12.8 Å². The van der Waals surface area contributed by atoms with Crippen LogP contribution in [-0.4, -0.2) is 46.4 Å². The average molecular weight is 443 g/mol. The predicted octanol–water partition coefficient (Wildman–Crippen LogP) is 5.05. The number of aryl methyl sites for hydroxylation is 1. The van der Waals surface area contributed by atoms with E-state index in [0.717, 1.165) is 44.1 Å². The second kappa shape index (κ2) is 9.63. The molecule has 172 valence electrons. The quantitative estimate of drug-likeness (QED) is 0.668. The van der Waals surface area contributed by atoms with Gasteiger partial charge in [0.15, 0.2) is 0 Å². The van der Waals surface area contributed by atoms with Gasteiger partial charge < -0.3 is 24.0 Å². The van der Waals surface area contributed by atoms with Gasteiger partial charge in [0.05, 0.1) is 12.0 Å². The molecule has 0 aliphatic heterocycles. The van der Waals surface area contributed by atoms with E-state index in [1.807, 2.05) is 24.3 Å². The summed E-state index contributed by atoms with van der Waals surface area (Å²) in [6.07, 6.45) is 6.66. The van der Waals surface area contributed by atoms with Gasteiger partial charge in [0.1, 0.15) is 11.4 Å². The summed E-state index contributed by atoms with van der Waals surface area (Å²) < 4.78 is 17.2. The highest BCUT2D eigenvalue weighted by atomic mass is 16.6. The highest BCUT2D eigenvalue weighted by Gasteiger charge is 2.29. The molecule has 2 saturated carbocycles.